The zero-order chi connectivity index (χ0) is 16.3. The summed E-state index contributed by atoms with van der Waals surface area (Å²) in [5, 5.41) is 6.67. The fraction of sp³-hybridized carbons (Fsp3) is 0.941. The van der Waals surface area contributed by atoms with Gasteiger partial charge in [-0.15, -0.1) is 24.0 Å². The Kier molecular flexibility index (Phi) is 12.0. The van der Waals surface area contributed by atoms with E-state index < -0.39 is 0 Å². The van der Waals surface area contributed by atoms with Crippen molar-refractivity contribution in [2.45, 2.75) is 51.7 Å². The van der Waals surface area contributed by atoms with E-state index in [-0.39, 0.29) is 24.0 Å². The Balaban J connectivity index is 0.00000288. The fourth-order valence-electron chi connectivity index (χ4n) is 3.29. The molecule has 2 rings (SSSR count). The first-order chi connectivity index (χ1) is 11.3. The van der Waals surface area contributed by atoms with Gasteiger partial charge in [-0.25, -0.2) is 0 Å². The van der Waals surface area contributed by atoms with Gasteiger partial charge in [-0.1, -0.05) is 6.92 Å². The number of nitrogens with one attached hydrogen (secondary N) is 2. The molecule has 0 saturated carbocycles. The number of aliphatic imine (C=N–C) groups is 1. The summed E-state index contributed by atoms with van der Waals surface area (Å²) >= 11 is 0. The molecule has 7 heteroatoms. The summed E-state index contributed by atoms with van der Waals surface area (Å²) in [6.07, 6.45) is 5.17. The molecule has 2 fully saturated rings. The van der Waals surface area contributed by atoms with Crippen LogP contribution in [0.3, 0.4) is 0 Å². The standard InChI is InChI=1S/C17H34N4O2.HI/c1-3-18-17(20-13-15-7-5-10-21(15)4-2)19-9-12-22-14-16-8-6-11-23-16;/h15-16H,3-14H2,1-2H3,(H2,18,19,20);1H. The van der Waals surface area contributed by atoms with E-state index in [1.165, 1.54) is 25.8 Å². The zero-order valence-corrected chi connectivity index (χ0v) is 17.6. The summed E-state index contributed by atoms with van der Waals surface area (Å²) in [5.41, 5.74) is 0. The van der Waals surface area contributed by atoms with Gasteiger partial charge in [0.25, 0.3) is 0 Å². The normalized spacial score (nSPS) is 24.8. The van der Waals surface area contributed by atoms with Crippen LogP contribution in [0.1, 0.15) is 39.5 Å². The maximum atomic E-state index is 5.68. The lowest BCUT2D eigenvalue weighted by molar-refractivity contribution is 0.0191. The van der Waals surface area contributed by atoms with Crippen molar-refractivity contribution in [3.8, 4) is 0 Å². The van der Waals surface area contributed by atoms with Crippen LogP contribution in [0.5, 0.6) is 0 Å². The molecule has 2 N–H and O–H groups in total. The Bertz CT molecular complexity index is 351. The minimum absolute atomic E-state index is 0. The van der Waals surface area contributed by atoms with Crippen molar-refractivity contribution in [3.63, 3.8) is 0 Å². The van der Waals surface area contributed by atoms with Gasteiger partial charge in [0.15, 0.2) is 5.96 Å². The number of hydrogen-bond acceptors (Lipinski definition) is 4. The summed E-state index contributed by atoms with van der Waals surface area (Å²) in [5.74, 6) is 0.899. The molecule has 0 aromatic rings. The summed E-state index contributed by atoms with van der Waals surface area (Å²) in [4.78, 5) is 7.27. The molecule has 2 atom stereocenters. The zero-order valence-electron chi connectivity index (χ0n) is 15.3. The van der Waals surface area contributed by atoms with Gasteiger partial charge in [0.1, 0.15) is 0 Å². The van der Waals surface area contributed by atoms with Gasteiger partial charge >= 0.3 is 0 Å². The number of guanidine groups is 1. The van der Waals surface area contributed by atoms with E-state index in [0.29, 0.717) is 25.4 Å². The predicted molar refractivity (Wildman–Crippen MR) is 109 cm³/mol. The van der Waals surface area contributed by atoms with Gasteiger partial charge in [-0.05, 0) is 45.7 Å². The molecular weight excluding hydrogens is 419 g/mol. The summed E-state index contributed by atoms with van der Waals surface area (Å²) < 4.78 is 11.2. The lowest BCUT2D eigenvalue weighted by Gasteiger charge is -2.21. The fourth-order valence-corrected chi connectivity index (χ4v) is 3.29. The first-order valence-corrected chi connectivity index (χ1v) is 9.29. The number of likely N-dealkylation sites (N-methyl/N-ethyl adjacent to an activating group) is 1. The highest BCUT2D eigenvalue weighted by atomic mass is 127. The maximum absolute atomic E-state index is 5.68. The lowest BCUT2D eigenvalue weighted by Crippen LogP contribution is -2.40. The summed E-state index contributed by atoms with van der Waals surface area (Å²) in [6.45, 7) is 11.5. The van der Waals surface area contributed by atoms with Crippen LogP contribution in [-0.4, -0.2) is 75.5 Å². The second kappa shape index (κ2) is 13.1. The average Bonchev–Trinajstić information content (AvgIpc) is 3.23. The highest BCUT2D eigenvalue weighted by molar-refractivity contribution is 14.0. The Labute approximate surface area is 164 Å². The molecule has 0 aromatic carbocycles. The van der Waals surface area contributed by atoms with Gasteiger partial charge in [0.2, 0.25) is 0 Å². The van der Waals surface area contributed by atoms with E-state index >= 15 is 0 Å². The van der Waals surface area contributed by atoms with Crippen molar-refractivity contribution in [1.29, 1.82) is 0 Å². The van der Waals surface area contributed by atoms with E-state index in [4.69, 9.17) is 14.5 Å². The molecule has 2 aliphatic rings. The number of likely N-dealkylation sites (tertiary alicyclic amines) is 1. The molecule has 0 radical (unpaired) electrons. The van der Waals surface area contributed by atoms with Crippen LogP contribution in [0.2, 0.25) is 0 Å². The molecule has 2 unspecified atom stereocenters. The molecule has 2 saturated heterocycles. The molecular formula is C17H35IN4O2. The van der Waals surface area contributed by atoms with Crippen molar-refractivity contribution in [1.82, 2.24) is 15.5 Å². The summed E-state index contributed by atoms with van der Waals surface area (Å²) in [7, 11) is 0. The number of nitrogens with zero attached hydrogens (tertiary/aromatic N) is 2. The number of halogens is 1. The van der Waals surface area contributed by atoms with Crippen LogP contribution in [-0.2, 0) is 9.47 Å². The molecule has 2 aliphatic heterocycles. The molecule has 0 aromatic heterocycles. The minimum atomic E-state index is 0. The van der Waals surface area contributed by atoms with Gasteiger partial charge in [0.05, 0.1) is 25.9 Å². The van der Waals surface area contributed by atoms with E-state index in [1.54, 1.807) is 0 Å². The van der Waals surface area contributed by atoms with Gasteiger partial charge in [-0.3, -0.25) is 9.89 Å². The second-order valence-electron chi connectivity index (χ2n) is 6.28. The monoisotopic (exact) mass is 454 g/mol. The largest absolute Gasteiger partial charge is 0.377 e. The molecule has 0 bridgehead atoms. The molecule has 0 spiro atoms. The van der Waals surface area contributed by atoms with Crippen LogP contribution in [0, 0.1) is 0 Å². The van der Waals surface area contributed by atoms with E-state index in [1.807, 2.05) is 0 Å². The van der Waals surface area contributed by atoms with Crippen LogP contribution in [0.4, 0.5) is 0 Å². The highest BCUT2D eigenvalue weighted by Gasteiger charge is 2.22. The van der Waals surface area contributed by atoms with Crippen LogP contribution < -0.4 is 10.6 Å². The van der Waals surface area contributed by atoms with Gasteiger partial charge in [-0.2, -0.15) is 0 Å². The number of hydrogen-bond donors (Lipinski definition) is 2. The third-order valence-corrected chi connectivity index (χ3v) is 4.58. The van der Waals surface area contributed by atoms with Crippen molar-refractivity contribution in [3.05, 3.63) is 0 Å². The van der Waals surface area contributed by atoms with Crippen molar-refractivity contribution >= 4 is 29.9 Å². The Morgan fingerprint density at radius 1 is 1.25 bits per heavy atom. The molecule has 2 heterocycles. The molecule has 142 valence electrons. The Morgan fingerprint density at radius 3 is 2.83 bits per heavy atom. The second-order valence-corrected chi connectivity index (χ2v) is 6.28. The molecule has 24 heavy (non-hydrogen) atoms. The van der Waals surface area contributed by atoms with Crippen molar-refractivity contribution in [2.75, 3.05) is 52.5 Å². The molecule has 0 amide bonds. The topological polar surface area (TPSA) is 58.1 Å². The first kappa shape index (κ1) is 21.9. The maximum Gasteiger partial charge on any atom is 0.191 e. The van der Waals surface area contributed by atoms with Crippen LogP contribution >= 0.6 is 24.0 Å². The minimum Gasteiger partial charge on any atom is -0.377 e. The lowest BCUT2D eigenvalue weighted by atomic mass is 10.2. The van der Waals surface area contributed by atoms with E-state index in [2.05, 4.69) is 29.4 Å². The predicted octanol–water partition coefficient (Wildman–Crippen LogP) is 1.84. The third kappa shape index (κ3) is 7.84. The van der Waals surface area contributed by atoms with E-state index in [0.717, 1.165) is 45.2 Å². The van der Waals surface area contributed by atoms with Crippen LogP contribution in [0.15, 0.2) is 4.99 Å². The summed E-state index contributed by atoms with van der Waals surface area (Å²) in [6, 6.07) is 0.603. The Hall–Kier alpha value is -0.120. The van der Waals surface area contributed by atoms with E-state index in [9.17, 15) is 0 Å². The highest BCUT2D eigenvalue weighted by Crippen LogP contribution is 2.16. The number of ether oxygens (including phenoxy) is 2. The van der Waals surface area contributed by atoms with Gasteiger partial charge < -0.3 is 20.1 Å². The SMILES string of the molecule is CCNC(=NCC1CCCN1CC)NCCOCC1CCCO1.I. The first-order valence-electron chi connectivity index (χ1n) is 9.29. The average molecular weight is 454 g/mol. The number of rotatable bonds is 9. The smallest absolute Gasteiger partial charge is 0.191 e. The third-order valence-electron chi connectivity index (χ3n) is 4.58. The van der Waals surface area contributed by atoms with Gasteiger partial charge in [0, 0.05) is 25.7 Å². The molecule has 6 nitrogen and oxygen atoms in total. The Morgan fingerprint density at radius 2 is 2.12 bits per heavy atom. The molecule has 0 aliphatic carbocycles. The van der Waals surface area contributed by atoms with Crippen molar-refractivity contribution < 1.29 is 9.47 Å². The van der Waals surface area contributed by atoms with Crippen LogP contribution in [0.25, 0.3) is 0 Å². The van der Waals surface area contributed by atoms with Crippen molar-refractivity contribution in [2.24, 2.45) is 4.99 Å². The quantitative estimate of drug-likeness (QED) is 0.241.